The number of hydrogen-bond donors (Lipinski definition) is 2. The fraction of sp³-hybridized carbons (Fsp3) is 0.462. The number of phenolic OH excluding ortho intramolecular Hbond substituents is 2. The number of likely N-dealkylation sites (N-methyl/N-ethyl adjacent to an activating group) is 1. The Morgan fingerprint density at radius 1 is 1.22 bits per heavy atom. The number of nitrogens with zero attached hydrogens (tertiary/aromatic N) is 2. The first-order chi connectivity index (χ1) is 8.56. The van der Waals surface area contributed by atoms with Crippen LogP contribution in [0.2, 0.25) is 0 Å². The number of hydrogen-bond acceptors (Lipinski definition) is 5. The van der Waals surface area contributed by atoms with Crippen LogP contribution in [0.15, 0.2) is 18.2 Å². The molecule has 0 radical (unpaired) electrons. The van der Waals surface area contributed by atoms with Gasteiger partial charge >= 0.3 is 0 Å². The summed E-state index contributed by atoms with van der Waals surface area (Å²) in [5.41, 5.74) is 0.270. The zero-order valence-electron chi connectivity index (χ0n) is 10.5. The Morgan fingerprint density at radius 3 is 2.50 bits per heavy atom. The van der Waals surface area contributed by atoms with E-state index in [2.05, 4.69) is 16.8 Å². The average Bonchev–Trinajstić information content (AvgIpc) is 2.32. The fourth-order valence-corrected chi connectivity index (χ4v) is 2.05. The Labute approximate surface area is 106 Å². The lowest BCUT2D eigenvalue weighted by Crippen LogP contribution is -2.46. The van der Waals surface area contributed by atoms with Crippen molar-refractivity contribution in [2.75, 3.05) is 39.8 Å². The highest BCUT2D eigenvalue weighted by molar-refractivity contribution is 6.00. The molecule has 0 saturated carbocycles. The third-order valence-corrected chi connectivity index (χ3v) is 3.24. The van der Waals surface area contributed by atoms with Gasteiger partial charge in [-0.25, -0.2) is 0 Å². The summed E-state index contributed by atoms with van der Waals surface area (Å²) in [6.07, 6.45) is 0. The first-order valence-corrected chi connectivity index (χ1v) is 6.02. The second-order valence-electron chi connectivity index (χ2n) is 4.70. The highest BCUT2D eigenvalue weighted by Gasteiger charge is 2.19. The predicted octanol–water partition coefficient (Wildman–Crippen LogP) is 0.528. The Morgan fingerprint density at radius 2 is 1.89 bits per heavy atom. The smallest absolute Gasteiger partial charge is 0.180 e. The van der Waals surface area contributed by atoms with Gasteiger partial charge in [0.25, 0.3) is 0 Å². The largest absolute Gasteiger partial charge is 0.508 e. The summed E-state index contributed by atoms with van der Waals surface area (Å²) in [5, 5.41) is 18.8. The van der Waals surface area contributed by atoms with Crippen molar-refractivity contribution >= 4 is 5.78 Å². The molecule has 1 aromatic carbocycles. The van der Waals surface area contributed by atoms with Gasteiger partial charge in [0, 0.05) is 32.2 Å². The molecule has 18 heavy (non-hydrogen) atoms. The highest BCUT2D eigenvalue weighted by Crippen LogP contribution is 2.23. The van der Waals surface area contributed by atoms with Crippen LogP contribution in [0.4, 0.5) is 0 Å². The topological polar surface area (TPSA) is 64.0 Å². The molecule has 2 rings (SSSR count). The number of ketones is 1. The van der Waals surface area contributed by atoms with Crippen molar-refractivity contribution in [1.82, 2.24) is 9.80 Å². The zero-order chi connectivity index (χ0) is 13.1. The van der Waals surface area contributed by atoms with Crippen LogP contribution in [0.5, 0.6) is 11.5 Å². The summed E-state index contributed by atoms with van der Waals surface area (Å²) in [4.78, 5) is 16.3. The molecule has 1 saturated heterocycles. The van der Waals surface area contributed by atoms with Crippen LogP contribution in [0.1, 0.15) is 10.4 Å². The molecular weight excluding hydrogens is 232 g/mol. The normalized spacial score (nSPS) is 17.8. The second kappa shape index (κ2) is 5.37. The van der Waals surface area contributed by atoms with E-state index in [1.165, 1.54) is 18.2 Å². The van der Waals surface area contributed by atoms with E-state index in [1.54, 1.807) is 0 Å². The number of benzene rings is 1. The van der Waals surface area contributed by atoms with Crippen LogP contribution in [-0.4, -0.2) is 65.6 Å². The lowest BCUT2D eigenvalue weighted by Gasteiger charge is -2.31. The van der Waals surface area contributed by atoms with E-state index in [-0.39, 0.29) is 22.8 Å². The van der Waals surface area contributed by atoms with Gasteiger partial charge in [0.15, 0.2) is 5.78 Å². The monoisotopic (exact) mass is 250 g/mol. The number of Topliss-reactive ketones (excluding diaryl/α,β-unsaturated/α-hetero) is 1. The molecule has 0 amide bonds. The molecular formula is C13H18N2O3. The van der Waals surface area contributed by atoms with E-state index in [4.69, 9.17) is 0 Å². The molecule has 0 aliphatic carbocycles. The Hall–Kier alpha value is -1.59. The fourth-order valence-electron chi connectivity index (χ4n) is 2.05. The quantitative estimate of drug-likeness (QED) is 0.766. The minimum atomic E-state index is -0.158. The van der Waals surface area contributed by atoms with Gasteiger partial charge in [-0.3, -0.25) is 9.69 Å². The van der Waals surface area contributed by atoms with Gasteiger partial charge in [0.05, 0.1) is 12.1 Å². The first-order valence-electron chi connectivity index (χ1n) is 6.02. The van der Waals surface area contributed by atoms with Crippen LogP contribution < -0.4 is 0 Å². The lowest BCUT2D eigenvalue weighted by atomic mass is 10.1. The third kappa shape index (κ3) is 3.00. The maximum absolute atomic E-state index is 12.0. The van der Waals surface area contributed by atoms with Crippen molar-refractivity contribution in [3.63, 3.8) is 0 Å². The molecule has 98 valence electrons. The lowest BCUT2D eigenvalue weighted by molar-refractivity contribution is 0.0874. The van der Waals surface area contributed by atoms with E-state index in [0.29, 0.717) is 6.54 Å². The maximum atomic E-state index is 12.0. The minimum absolute atomic E-state index is 0.0383. The zero-order valence-corrected chi connectivity index (χ0v) is 10.5. The predicted molar refractivity (Wildman–Crippen MR) is 68.0 cm³/mol. The van der Waals surface area contributed by atoms with Crippen LogP contribution in [-0.2, 0) is 0 Å². The number of rotatable bonds is 3. The molecule has 1 aliphatic heterocycles. The number of carbonyl (C=O) groups excluding carboxylic acids is 1. The SMILES string of the molecule is CN1CCN(CC(=O)c2ccc(O)cc2O)CC1. The van der Waals surface area contributed by atoms with E-state index >= 15 is 0 Å². The van der Waals surface area contributed by atoms with E-state index in [9.17, 15) is 15.0 Å². The maximum Gasteiger partial charge on any atom is 0.180 e. The van der Waals surface area contributed by atoms with Crippen molar-refractivity contribution in [2.24, 2.45) is 0 Å². The number of phenols is 2. The van der Waals surface area contributed by atoms with Gasteiger partial charge in [-0.2, -0.15) is 0 Å². The molecule has 0 spiro atoms. The third-order valence-electron chi connectivity index (χ3n) is 3.24. The number of carbonyl (C=O) groups is 1. The van der Waals surface area contributed by atoms with Crippen LogP contribution in [0.25, 0.3) is 0 Å². The Bertz CT molecular complexity index is 440. The minimum Gasteiger partial charge on any atom is -0.508 e. The molecule has 5 heteroatoms. The molecule has 0 bridgehead atoms. The van der Waals surface area contributed by atoms with E-state index in [1.807, 2.05) is 0 Å². The summed E-state index contributed by atoms with van der Waals surface area (Å²) < 4.78 is 0. The molecule has 5 nitrogen and oxygen atoms in total. The standard InChI is InChI=1S/C13H18N2O3/c1-14-4-6-15(7-5-14)9-13(18)11-3-2-10(16)8-12(11)17/h2-3,8,16-17H,4-7,9H2,1H3. The van der Waals surface area contributed by atoms with Crippen molar-refractivity contribution in [2.45, 2.75) is 0 Å². The van der Waals surface area contributed by atoms with Gasteiger partial charge in [0.1, 0.15) is 11.5 Å². The molecule has 1 aliphatic rings. The first kappa shape index (κ1) is 12.9. The summed E-state index contributed by atoms with van der Waals surface area (Å²) in [5.74, 6) is -0.310. The summed E-state index contributed by atoms with van der Waals surface area (Å²) in [7, 11) is 2.06. The van der Waals surface area contributed by atoms with Crippen LogP contribution in [0.3, 0.4) is 0 Å². The Balaban J connectivity index is 1.99. The van der Waals surface area contributed by atoms with Gasteiger partial charge in [-0.1, -0.05) is 0 Å². The van der Waals surface area contributed by atoms with Gasteiger partial charge < -0.3 is 15.1 Å². The molecule has 1 aromatic rings. The van der Waals surface area contributed by atoms with Crippen molar-refractivity contribution in [3.05, 3.63) is 23.8 Å². The van der Waals surface area contributed by atoms with E-state index in [0.717, 1.165) is 26.2 Å². The second-order valence-corrected chi connectivity index (χ2v) is 4.70. The van der Waals surface area contributed by atoms with Crippen LogP contribution in [0, 0.1) is 0 Å². The van der Waals surface area contributed by atoms with Crippen molar-refractivity contribution in [3.8, 4) is 11.5 Å². The molecule has 0 aromatic heterocycles. The van der Waals surface area contributed by atoms with Gasteiger partial charge in [-0.15, -0.1) is 0 Å². The van der Waals surface area contributed by atoms with Crippen molar-refractivity contribution < 1.29 is 15.0 Å². The average molecular weight is 250 g/mol. The molecule has 1 fully saturated rings. The molecule has 1 heterocycles. The van der Waals surface area contributed by atoms with Gasteiger partial charge in [0.2, 0.25) is 0 Å². The molecule has 0 atom stereocenters. The highest BCUT2D eigenvalue weighted by atomic mass is 16.3. The van der Waals surface area contributed by atoms with Crippen LogP contribution >= 0.6 is 0 Å². The number of piperazine rings is 1. The molecule has 2 N–H and O–H groups in total. The van der Waals surface area contributed by atoms with Crippen molar-refractivity contribution in [1.29, 1.82) is 0 Å². The summed E-state index contributed by atoms with van der Waals surface area (Å²) in [6, 6.07) is 4.07. The number of aromatic hydroxyl groups is 2. The van der Waals surface area contributed by atoms with E-state index < -0.39 is 0 Å². The summed E-state index contributed by atoms with van der Waals surface area (Å²) in [6.45, 7) is 3.94. The summed E-state index contributed by atoms with van der Waals surface area (Å²) >= 11 is 0. The Kier molecular flexibility index (Phi) is 3.84. The molecule has 0 unspecified atom stereocenters. The van der Waals surface area contributed by atoms with Gasteiger partial charge in [-0.05, 0) is 19.2 Å².